The summed E-state index contributed by atoms with van der Waals surface area (Å²) < 4.78 is 11.5. The van der Waals surface area contributed by atoms with Crippen LogP contribution in [-0.4, -0.2) is 9.97 Å². The van der Waals surface area contributed by atoms with Crippen LogP contribution in [0.3, 0.4) is 0 Å². The minimum atomic E-state index is -0.605. The number of rotatable bonds is 2. The van der Waals surface area contributed by atoms with Gasteiger partial charge in [-0.15, -0.1) is 22.7 Å². The van der Waals surface area contributed by atoms with Gasteiger partial charge in [0.25, 0.3) is 0 Å². The van der Waals surface area contributed by atoms with Gasteiger partial charge in [0.2, 0.25) is 0 Å². The second kappa shape index (κ2) is 11.2. The maximum absolute atomic E-state index is 6.69. The van der Waals surface area contributed by atoms with Crippen LogP contribution in [-0.2, 0) is 5.41 Å². The molecule has 11 aromatic rings. The fourth-order valence-electron chi connectivity index (χ4n) is 9.60. The van der Waals surface area contributed by atoms with Crippen LogP contribution in [0.1, 0.15) is 22.3 Å². The summed E-state index contributed by atoms with van der Waals surface area (Å²) >= 11 is 3.60. The van der Waals surface area contributed by atoms with Crippen LogP contribution in [0.4, 0.5) is 0 Å². The van der Waals surface area contributed by atoms with E-state index >= 15 is 0 Å². The summed E-state index contributed by atoms with van der Waals surface area (Å²) in [5.41, 5.74) is 10.8. The number of hydrogen-bond donors (Lipinski definition) is 0. The van der Waals surface area contributed by atoms with E-state index in [2.05, 4.69) is 170 Å². The summed E-state index contributed by atoms with van der Waals surface area (Å²) in [6.07, 6.45) is 0. The van der Waals surface area contributed by atoms with E-state index in [1.54, 1.807) is 11.3 Å². The van der Waals surface area contributed by atoms with Crippen molar-refractivity contribution in [3.8, 4) is 45.3 Å². The average Bonchev–Trinajstić information content (AvgIpc) is 3.91. The van der Waals surface area contributed by atoms with Gasteiger partial charge in [-0.25, -0.2) is 9.97 Å². The largest absolute Gasteiger partial charge is 0.457 e. The molecule has 1 spiro atoms. The molecule has 5 heteroatoms. The zero-order valence-corrected chi connectivity index (χ0v) is 31.4. The van der Waals surface area contributed by atoms with Crippen molar-refractivity contribution < 1.29 is 4.74 Å². The van der Waals surface area contributed by atoms with Crippen LogP contribution in [0.5, 0.6) is 11.5 Å². The van der Waals surface area contributed by atoms with E-state index in [4.69, 9.17) is 14.7 Å². The van der Waals surface area contributed by atoms with Crippen LogP contribution in [0.2, 0.25) is 0 Å². The third-order valence-corrected chi connectivity index (χ3v) is 14.2. The summed E-state index contributed by atoms with van der Waals surface area (Å²) in [6.45, 7) is 0. The summed E-state index contributed by atoms with van der Waals surface area (Å²) in [5, 5.41) is 6.06. The first-order chi connectivity index (χ1) is 27.7. The van der Waals surface area contributed by atoms with Gasteiger partial charge in [-0.05, 0) is 81.6 Å². The van der Waals surface area contributed by atoms with Crippen molar-refractivity contribution in [1.82, 2.24) is 9.97 Å². The molecule has 8 aromatic carbocycles. The van der Waals surface area contributed by atoms with E-state index in [1.807, 2.05) is 11.3 Å². The van der Waals surface area contributed by atoms with E-state index in [1.165, 1.54) is 57.9 Å². The van der Waals surface area contributed by atoms with Gasteiger partial charge < -0.3 is 4.74 Å². The molecule has 3 nitrogen and oxygen atoms in total. The Morgan fingerprint density at radius 2 is 1.09 bits per heavy atom. The van der Waals surface area contributed by atoms with E-state index in [9.17, 15) is 0 Å². The summed E-state index contributed by atoms with van der Waals surface area (Å²) in [7, 11) is 0. The molecule has 1 aliphatic carbocycles. The molecule has 0 fully saturated rings. The normalized spacial score (nSPS) is 13.6. The first-order valence-electron chi connectivity index (χ1n) is 18.9. The quantitative estimate of drug-likeness (QED) is 0.177. The molecule has 1 aliphatic heterocycles. The van der Waals surface area contributed by atoms with Crippen molar-refractivity contribution in [1.29, 1.82) is 0 Å². The molecule has 13 rings (SSSR count). The van der Waals surface area contributed by atoms with Crippen LogP contribution in [0.15, 0.2) is 170 Å². The van der Waals surface area contributed by atoms with Crippen LogP contribution in [0, 0.1) is 0 Å². The molecule has 0 amide bonds. The van der Waals surface area contributed by atoms with Crippen molar-refractivity contribution >= 4 is 73.9 Å². The monoisotopic (exact) mass is 748 g/mol. The van der Waals surface area contributed by atoms with Gasteiger partial charge >= 0.3 is 0 Å². The number of nitrogens with zero attached hydrogens (tertiary/aromatic N) is 2. The summed E-state index contributed by atoms with van der Waals surface area (Å²) in [6, 6.07) is 61.6. The molecule has 0 saturated heterocycles. The number of fused-ring (bicyclic) bond motifs is 16. The molecule has 3 aromatic heterocycles. The number of ether oxygens (including phenoxy) is 1. The Labute approximate surface area is 329 Å². The average molecular weight is 749 g/mol. The number of benzene rings is 8. The second-order valence-electron chi connectivity index (χ2n) is 14.8. The molecule has 0 N–H and O–H groups in total. The fourth-order valence-corrected chi connectivity index (χ4v) is 11.9. The highest BCUT2D eigenvalue weighted by atomic mass is 32.1. The SMILES string of the molecule is c1ccc2c(c1)Oc1ccccc1C21c2cc(-c3nc(-c4cccc5sc6ccccc6c45)nc4c3sc3ccccc34)ccc2-c2cc3ccccc3cc21. The van der Waals surface area contributed by atoms with Crippen LogP contribution < -0.4 is 4.74 Å². The van der Waals surface area contributed by atoms with Gasteiger partial charge in [0.1, 0.15) is 11.5 Å². The highest BCUT2D eigenvalue weighted by Crippen LogP contribution is 2.63. The summed E-state index contributed by atoms with van der Waals surface area (Å²) in [4.78, 5) is 11.0. The van der Waals surface area contributed by atoms with E-state index in [0.717, 1.165) is 60.9 Å². The van der Waals surface area contributed by atoms with Crippen molar-refractivity contribution in [2.75, 3.05) is 0 Å². The zero-order valence-electron chi connectivity index (χ0n) is 29.8. The van der Waals surface area contributed by atoms with Crippen LogP contribution in [0.25, 0.3) is 85.0 Å². The second-order valence-corrected chi connectivity index (χ2v) is 16.9. The molecule has 4 heterocycles. The third kappa shape index (κ3) is 4.00. The molecule has 0 bridgehead atoms. The minimum absolute atomic E-state index is 0.605. The van der Waals surface area contributed by atoms with Crippen molar-refractivity contribution in [3.63, 3.8) is 0 Å². The lowest BCUT2D eigenvalue weighted by molar-refractivity contribution is 0.436. The molecule has 0 unspecified atom stereocenters. The predicted molar refractivity (Wildman–Crippen MR) is 234 cm³/mol. The Morgan fingerprint density at radius 1 is 0.446 bits per heavy atom. The zero-order chi connectivity index (χ0) is 36.5. The van der Waals surface area contributed by atoms with Gasteiger partial charge in [-0.2, -0.15) is 0 Å². The van der Waals surface area contributed by atoms with E-state index < -0.39 is 5.41 Å². The predicted octanol–water partition coefficient (Wildman–Crippen LogP) is 14.2. The van der Waals surface area contributed by atoms with E-state index in [-0.39, 0.29) is 0 Å². The molecular formula is C51H28N2OS2. The number of thiophene rings is 2. The number of para-hydroxylation sites is 2. The Balaban J connectivity index is 1.14. The van der Waals surface area contributed by atoms with Crippen molar-refractivity contribution in [3.05, 3.63) is 192 Å². The van der Waals surface area contributed by atoms with Gasteiger partial charge in [0.15, 0.2) is 5.82 Å². The molecule has 0 saturated carbocycles. The minimum Gasteiger partial charge on any atom is -0.457 e. The van der Waals surface area contributed by atoms with Crippen molar-refractivity contribution in [2.45, 2.75) is 5.41 Å². The maximum atomic E-state index is 6.69. The fraction of sp³-hybridized carbons (Fsp3) is 0.0196. The molecule has 0 radical (unpaired) electrons. The Hall–Kier alpha value is -6.66. The first-order valence-corrected chi connectivity index (χ1v) is 20.5. The third-order valence-electron chi connectivity index (χ3n) is 11.9. The van der Waals surface area contributed by atoms with Gasteiger partial charge in [-0.1, -0.05) is 121 Å². The Morgan fingerprint density at radius 3 is 1.89 bits per heavy atom. The van der Waals surface area contributed by atoms with Crippen molar-refractivity contribution in [2.24, 2.45) is 0 Å². The standard InChI is InChI=1S/C51H28N2OS2/c1-2-13-30-27-40-36(26-29(30)12-1)32-25-24-31(28-39(32)51(40)37-17-5-7-19-41(37)54-42-20-8-6-18-38(42)51)47-49-48(34-15-4-10-22-44(34)56-49)53-50(52-47)35-16-11-23-45-46(35)33-14-3-9-21-43(33)55-45/h1-28H. The maximum Gasteiger partial charge on any atom is 0.161 e. The van der Waals surface area contributed by atoms with Gasteiger partial charge in [-0.3, -0.25) is 0 Å². The van der Waals surface area contributed by atoms with Crippen LogP contribution >= 0.6 is 22.7 Å². The lowest BCUT2D eigenvalue weighted by Gasteiger charge is -2.39. The highest BCUT2D eigenvalue weighted by Gasteiger charge is 2.51. The lowest BCUT2D eigenvalue weighted by Crippen LogP contribution is -2.32. The Kier molecular flexibility index (Phi) is 6.13. The number of hydrogen-bond acceptors (Lipinski definition) is 5. The topological polar surface area (TPSA) is 35.0 Å². The smallest absolute Gasteiger partial charge is 0.161 e. The number of aromatic nitrogens is 2. The summed E-state index contributed by atoms with van der Waals surface area (Å²) in [5.74, 6) is 2.52. The molecule has 2 aliphatic rings. The van der Waals surface area contributed by atoms with Gasteiger partial charge in [0, 0.05) is 52.5 Å². The molecule has 260 valence electrons. The molecular weight excluding hydrogens is 721 g/mol. The lowest BCUT2D eigenvalue weighted by atomic mass is 9.65. The highest BCUT2D eigenvalue weighted by molar-refractivity contribution is 7.26. The Bertz CT molecular complexity index is 3440. The first kappa shape index (κ1) is 30.6. The molecule has 0 atom stereocenters. The van der Waals surface area contributed by atoms with E-state index in [0.29, 0.717) is 0 Å². The van der Waals surface area contributed by atoms with Gasteiger partial charge in [0.05, 0.1) is 21.3 Å². The molecule has 56 heavy (non-hydrogen) atoms.